The molecule has 2 aromatic rings. The molecule has 5 nitrogen and oxygen atoms in total. The Morgan fingerprint density at radius 2 is 1.74 bits per heavy atom. The molecule has 2 heterocycles. The number of hydrogen-bond acceptors (Lipinski definition) is 4. The van der Waals surface area contributed by atoms with Gasteiger partial charge < -0.3 is 0 Å². The number of anilines is 1. The average Bonchev–Trinajstić information content (AvgIpc) is 3.14. The predicted molar refractivity (Wildman–Crippen MR) is 109 cm³/mol. The highest BCUT2D eigenvalue weighted by Crippen LogP contribution is 2.46. The molecular weight excluding hydrogens is 428 g/mol. The Morgan fingerprint density at radius 1 is 1.07 bits per heavy atom. The van der Waals surface area contributed by atoms with E-state index in [4.69, 9.17) is 0 Å². The van der Waals surface area contributed by atoms with E-state index >= 15 is 0 Å². The maximum Gasteiger partial charge on any atom is 0.263 e. The van der Waals surface area contributed by atoms with Gasteiger partial charge in [-0.05, 0) is 31.2 Å². The molecule has 3 amide bonds. The number of imide groups is 1. The topological polar surface area (TPSA) is 66.8 Å². The molecule has 0 N–H and O–H groups in total. The van der Waals surface area contributed by atoms with Crippen molar-refractivity contribution in [2.75, 3.05) is 4.90 Å². The summed E-state index contributed by atoms with van der Waals surface area (Å²) in [5.74, 6) is -1.75. The monoisotopic (exact) mass is 442 g/mol. The molecule has 0 spiro atoms. The van der Waals surface area contributed by atoms with Crippen molar-refractivity contribution in [2.45, 2.75) is 18.1 Å². The normalized spacial score (nSPS) is 25.3. The lowest BCUT2D eigenvalue weighted by atomic mass is 9.91. The van der Waals surface area contributed by atoms with E-state index in [2.05, 4.69) is 20.9 Å². The lowest BCUT2D eigenvalue weighted by Gasteiger charge is -2.25. The minimum absolute atomic E-state index is 0.00171. The summed E-state index contributed by atoms with van der Waals surface area (Å²) < 4.78 is -0.224. The van der Waals surface area contributed by atoms with Crippen molar-refractivity contribution in [3.63, 3.8) is 0 Å². The number of benzene rings is 2. The molecular formula is C20H15BrN2O3S. The highest BCUT2D eigenvalue weighted by molar-refractivity contribution is 9.10. The number of nitrogens with zero attached hydrogens (tertiary/aromatic N) is 2. The molecule has 1 saturated heterocycles. The van der Waals surface area contributed by atoms with E-state index in [0.717, 1.165) is 10.0 Å². The summed E-state index contributed by atoms with van der Waals surface area (Å²) in [6.07, 6.45) is 0.00171. The van der Waals surface area contributed by atoms with Crippen LogP contribution in [-0.2, 0) is 14.4 Å². The van der Waals surface area contributed by atoms with Gasteiger partial charge in [-0.15, -0.1) is 0 Å². The average molecular weight is 443 g/mol. The molecule has 1 fully saturated rings. The third kappa shape index (κ3) is 3.04. The van der Waals surface area contributed by atoms with Crippen molar-refractivity contribution in [3.05, 3.63) is 64.6 Å². The molecule has 7 heteroatoms. The van der Waals surface area contributed by atoms with Crippen molar-refractivity contribution >= 4 is 56.1 Å². The van der Waals surface area contributed by atoms with E-state index in [9.17, 15) is 14.4 Å². The molecule has 2 aromatic carbocycles. The third-order valence-corrected chi connectivity index (χ3v) is 6.79. The molecule has 2 aliphatic heterocycles. The zero-order chi connectivity index (χ0) is 19.2. The van der Waals surface area contributed by atoms with Gasteiger partial charge in [-0.25, -0.2) is 4.99 Å². The highest BCUT2D eigenvalue weighted by atomic mass is 79.9. The van der Waals surface area contributed by atoms with Gasteiger partial charge in [0, 0.05) is 16.5 Å². The van der Waals surface area contributed by atoms with E-state index in [-0.39, 0.29) is 24.1 Å². The SMILES string of the molecule is C[C@@]1([C@@H]2CC(=O)N(c3ccc(Br)cc3)C2=O)SC(c2ccccc2)=NC1=O. The van der Waals surface area contributed by atoms with E-state index in [1.807, 2.05) is 30.3 Å². The number of aliphatic imine (C=N–C) groups is 1. The number of amides is 3. The molecule has 2 atom stereocenters. The molecule has 0 aliphatic carbocycles. The van der Waals surface area contributed by atoms with Gasteiger partial charge in [-0.2, -0.15) is 0 Å². The predicted octanol–water partition coefficient (Wildman–Crippen LogP) is 3.81. The van der Waals surface area contributed by atoms with Gasteiger partial charge in [-0.1, -0.05) is 58.0 Å². The Bertz CT molecular complexity index is 974. The molecule has 2 aliphatic rings. The smallest absolute Gasteiger partial charge is 0.263 e. The fraction of sp³-hybridized carbons (Fsp3) is 0.200. The lowest BCUT2D eigenvalue weighted by molar-refractivity contribution is -0.127. The van der Waals surface area contributed by atoms with E-state index < -0.39 is 10.7 Å². The third-order valence-electron chi connectivity index (χ3n) is 4.85. The second-order valence-corrected chi connectivity index (χ2v) is 8.95. The first-order valence-electron chi connectivity index (χ1n) is 8.40. The summed E-state index contributed by atoms with van der Waals surface area (Å²) in [6.45, 7) is 1.71. The first-order valence-corrected chi connectivity index (χ1v) is 10.0. The first kappa shape index (κ1) is 18.1. The van der Waals surface area contributed by atoms with Crippen LogP contribution in [0.25, 0.3) is 0 Å². The Morgan fingerprint density at radius 3 is 2.41 bits per heavy atom. The number of hydrogen-bond donors (Lipinski definition) is 0. The molecule has 4 rings (SSSR count). The van der Waals surface area contributed by atoms with Crippen molar-refractivity contribution in [2.24, 2.45) is 10.9 Å². The van der Waals surface area contributed by atoms with Gasteiger partial charge in [0.2, 0.25) is 11.8 Å². The number of carbonyl (C=O) groups excluding carboxylic acids is 3. The second-order valence-electron chi connectivity index (χ2n) is 6.60. The minimum atomic E-state index is -1.08. The van der Waals surface area contributed by atoms with Crippen molar-refractivity contribution in [3.8, 4) is 0 Å². The van der Waals surface area contributed by atoms with Crippen LogP contribution in [0.15, 0.2) is 64.1 Å². The van der Waals surface area contributed by atoms with Crippen LogP contribution in [0.2, 0.25) is 0 Å². The highest BCUT2D eigenvalue weighted by Gasteiger charge is 2.56. The van der Waals surface area contributed by atoms with Crippen LogP contribution in [0.4, 0.5) is 5.69 Å². The van der Waals surface area contributed by atoms with Crippen LogP contribution in [0, 0.1) is 5.92 Å². The van der Waals surface area contributed by atoms with Crippen LogP contribution in [0.1, 0.15) is 18.9 Å². The maximum absolute atomic E-state index is 13.1. The number of thioether (sulfide) groups is 1. The maximum atomic E-state index is 13.1. The Balaban J connectivity index is 1.62. The standard InChI is InChI=1S/C20H15BrN2O3S/c1-20(19(26)22-17(27-20)12-5-3-2-4-6-12)15-11-16(24)23(18(15)25)14-9-7-13(21)8-10-14/h2-10,15H,11H2,1H3/t15-,20+/m1/s1. The molecule has 0 unspecified atom stereocenters. The molecule has 0 aromatic heterocycles. The van der Waals surface area contributed by atoms with Crippen LogP contribution in [0.3, 0.4) is 0 Å². The summed E-state index contributed by atoms with van der Waals surface area (Å²) in [6, 6.07) is 16.4. The Labute approximate surface area is 169 Å². The van der Waals surface area contributed by atoms with Crippen LogP contribution in [-0.4, -0.2) is 27.5 Å². The van der Waals surface area contributed by atoms with Gasteiger partial charge in [0.05, 0.1) is 11.6 Å². The lowest BCUT2D eigenvalue weighted by Crippen LogP contribution is -2.42. The quantitative estimate of drug-likeness (QED) is 0.677. The van der Waals surface area contributed by atoms with Crippen LogP contribution in [0.5, 0.6) is 0 Å². The number of carbonyl (C=O) groups is 3. The molecule has 0 radical (unpaired) electrons. The van der Waals surface area contributed by atoms with Crippen molar-refractivity contribution in [1.29, 1.82) is 0 Å². The van der Waals surface area contributed by atoms with Crippen molar-refractivity contribution < 1.29 is 14.4 Å². The zero-order valence-corrected chi connectivity index (χ0v) is 16.8. The van der Waals surface area contributed by atoms with Crippen LogP contribution < -0.4 is 4.90 Å². The minimum Gasteiger partial charge on any atom is -0.274 e. The van der Waals surface area contributed by atoms with Gasteiger partial charge in [0.15, 0.2) is 0 Å². The van der Waals surface area contributed by atoms with Crippen LogP contribution >= 0.6 is 27.7 Å². The fourth-order valence-electron chi connectivity index (χ4n) is 3.32. The van der Waals surface area contributed by atoms with Gasteiger partial charge in [-0.3, -0.25) is 19.3 Å². The fourth-order valence-corrected chi connectivity index (χ4v) is 4.83. The van der Waals surface area contributed by atoms with E-state index in [0.29, 0.717) is 10.7 Å². The summed E-state index contributed by atoms with van der Waals surface area (Å²) in [5, 5.41) is 0.588. The summed E-state index contributed by atoms with van der Waals surface area (Å²) in [4.78, 5) is 43.7. The Kier molecular flexibility index (Phi) is 4.52. The molecule has 136 valence electrons. The molecule has 0 bridgehead atoms. The van der Waals surface area contributed by atoms with E-state index in [1.165, 1.54) is 16.7 Å². The first-order chi connectivity index (χ1) is 12.9. The van der Waals surface area contributed by atoms with Gasteiger partial charge >= 0.3 is 0 Å². The van der Waals surface area contributed by atoms with Gasteiger partial charge in [0.25, 0.3) is 5.91 Å². The summed E-state index contributed by atoms with van der Waals surface area (Å²) in [7, 11) is 0. The summed E-state index contributed by atoms with van der Waals surface area (Å²) in [5.41, 5.74) is 1.35. The molecule has 0 saturated carbocycles. The van der Waals surface area contributed by atoms with Gasteiger partial charge in [0.1, 0.15) is 9.79 Å². The largest absolute Gasteiger partial charge is 0.274 e. The number of halogens is 1. The second kappa shape index (κ2) is 6.73. The van der Waals surface area contributed by atoms with Crippen molar-refractivity contribution in [1.82, 2.24) is 0 Å². The molecule has 27 heavy (non-hydrogen) atoms. The number of rotatable bonds is 3. The van der Waals surface area contributed by atoms with E-state index in [1.54, 1.807) is 31.2 Å². The Hall–Kier alpha value is -2.25. The summed E-state index contributed by atoms with van der Waals surface area (Å²) >= 11 is 4.61. The zero-order valence-electron chi connectivity index (χ0n) is 14.4.